The van der Waals surface area contributed by atoms with Crippen molar-refractivity contribution in [2.45, 2.75) is 36.5 Å². The molecule has 0 spiro atoms. The van der Waals surface area contributed by atoms with E-state index in [1.54, 1.807) is 34.5 Å². The molecular formula is C48H48N2O6. The molecule has 8 nitrogen and oxygen atoms in total. The summed E-state index contributed by atoms with van der Waals surface area (Å²) < 4.78 is 22.9. The van der Waals surface area contributed by atoms with Crippen molar-refractivity contribution in [2.75, 3.05) is 59.8 Å². The number of hydrogen-bond donors (Lipinski definition) is 1. The molecule has 1 N–H and O–H groups in total. The van der Waals surface area contributed by atoms with Crippen molar-refractivity contribution in [1.29, 1.82) is 5.26 Å². The summed E-state index contributed by atoms with van der Waals surface area (Å²) in [5.74, 6) is -1.26. The number of methoxy groups -OCH3 is 4. The van der Waals surface area contributed by atoms with Crippen molar-refractivity contribution >= 4 is 29.1 Å². The summed E-state index contributed by atoms with van der Waals surface area (Å²) in [5.41, 5.74) is 12.4. The summed E-state index contributed by atoms with van der Waals surface area (Å²) in [7, 11) is 7.02. The number of benzene rings is 5. The van der Waals surface area contributed by atoms with Crippen molar-refractivity contribution in [2.24, 2.45) is 0 Å². The second-order valence-electron chi connectivity index (χ2n) is 14.6. The number of nitrogens with zero attached hydrogens (tertiary/aromatic N) is 2. The van der Waals surface area contributed by atoms with Gasteiger partial charge < -0.3 is 29.0 Å². The molecular weight excluding hydrogens is 701 g/mol. The van der Waals surface area contributed by atoms with Gasteiger partial charge in [-0.2, -0.15) is 5.26 Å². The van der Waals surface area contributed by atoms with E-state index in [4.69, 9.17) is 18.9 Å². The third-order valence-electron chi connectivity index (χ3n) is 11.8. The van der Waals surface area contributed by atoms with Gasteiger partial charge in [0.05, 0.1) is 0 Å². The lowest BCUT2D eigenvalue weighted by Gasteiger charge is -2.34. The first-order valence-electron chi connectivity index (χ1n) is 19.1. The molecule has 0 unspecified atom stereocenters. The molecule has 2 aliphatic rings. The Bertz CT molecular complexity index is 2150. The fraction of sp³-hybridized carbons (Fsp3) is 0.292. The van der Waals surface area contributed by atoms with E-state index in [9.17, 15) is 15.2 Å². The Morgan fingerprint density at radius 2 is 0.982 bits per heavy atom. The number of anilines is 3. The Hall–Kier alpha value is -5.56. The van der Waals surface area contributed by atoms with Gasteiger partial charge in [-0.15, -0.1) is 0 Å². The number of carboxylic acids is 1. The average Bonchev–Trinajstić information content (AvgIpc) is 3.66. The minimum absolute atomic E-state index is 0.321. The molecule has 0 aromatic heterocycles. The van der Waals surface area contributed by atoms with E-state index in [1.807, 2.05) is 24.3 Å². The van der Waals surface area contributed by atoms with E-state index in [2.05, 4.69) is 89.8 Å². The minimum atomic E-state index is -1.26. The maximum absolute atomic E-state index is 11.7. The maximum Gasteiger partial charge on any atom is 0.346 e. The second kappa shape index (κ2) is 16.7. The van der Waals surface area contributed by atoms with Gasteiger partial charge in [0, 0.05) is 82.8 Å². The topological polar surface area (TPSA) is 101 Å². The van der Waals surface area contributed by atoms with Gasteiger partial charge in [-0.1, -0.05) is 72.8 Å². The second-order valence-corrected chi connectivity index (χ2v) is 14.6. The van der Waals surface area contributed by atoms with Crippen LogP contribution in [0.3, 0.4) is 0 Å². The van der Waals surface area contributed by atoms with Crippen LogP contribution in [0.5, 0.6) is 0 Å². The highest BCUT2D eigenvalue weighted by atomic mass is 16.5. The quantitative estimate of drug-likeness (QED) is 0.0741. The first kappa shape index (κ1) is 38.7. The van der Waals surface area contributed by atoms with E-state index in [0.29, 0.717) is 32.0 Å². The van der Waals surface area contributed by atoms with Gasteiger partial charge in [0.2, 0.25) is 0 Å². The molecule has 0 heterocycles. The van der Waals surface area contributed by atoms with Crippen LogP contribution in [0.15, 0.2) is 115 Å². The first-order valence-corrected chi connectivity index (χ1v) is 19.1. The lowest BCUT2D eigenvalue weighted by molar-refractivity contribution is -0.132. The molecule has 5 aromatic carbocycles. The van der Waals surface area contributed by atoms with Gasteiger partial charge in [-0.25, -0.2) is 4.79 Å². The highest BCUT2D eigenvalue weighted by molar-refractivity contribution is 5.96. The maximum atomic E-state index is 11.7. The zero-order valence-corrected chi connectivity index (χ0v) is 32.5. The minimum Gasteiger partial charge on any atom is -0.477 e. The smallest absolute Gasteiger partial charge is 0.346 e. The lowest BCUT2D eigenvalue weighted by atomic mass is 9.73. The van der Waals surface area contributed by atoms with Crippen LogP contribution < -0.4 is 4.90 Å². The number of ether oxygens (including phenoxy) is 4. The fourth-order valence-corrected chi connectivity index (χ4v) is 9.07. The Balaban J connectivity index is 1.44. The van der Waals surface area contributed by atoms with Gasteiger partial charge in [-0.05, 0) is 118 Å². The number of fused-ring (bicyclic) bond motifs is 6. The Morgan fingerprint density at radius 3 is 1.38 bits per heavy atom. The molecule has 2 aliphatic carbocycles. The number of aliphatic carboxylic acids is 1. The Morgan fingerprint density at radius 1 is 0.589 bits per heavy atom. The molecule has 7 rings (SSSR count). The summed E-state index contributed by atoms with van der Waals surface area (Å²) in [6, 6.07) is 40.4. The molecule has 0 amide bonds. The average molecular weight is 749 g/mol. The number of hydrogen-bond acceptors (Lipinski definition) is 7. The van der Waals surface area contributed by atoms with E-state index in [1.165, 1.54) is 50.6 Å². The summed E-state index contributed by atoms with van der Waals surface area (Å²) in [6.45, 7) is 2.38. The Labute approximate surface area is 329 Å². The molecule has 0 fully saturated rings. The monoisotopic (exact) mass is 748 g/mol. The molecule has 5 aromatic rings. The number of rotatable bonds is 17. The lowest BCUT2D eigenvalue weighted by Crippen LogP contribution is -2.29. The zero-order chi connectivity index (χ0) is 39.3. The largest absolute Gasteiger partial charge is 0.477 e. The molecule has 0 radical (unpaired) electrons. The van der Waals surface area contributed by atoms with Gasteiger partial charge in [-0.3, -0.25) is 0 Å². The van der Waals surface area contributed by atoms with Crippen LogP contribution in [-0.2, 0) is 34.6 Å². The van der Waals surface area contributed by atoms with Crippen molar-refractivity contribution in [3.05, 3.63) is 143 Å². The first-order chi connectivity index (χ1) is 27.3. The van der Waals surface area contributed by atoms with Gasteiger partial charge in [0.15, 0.2) is 0 Å². The van der Waals surface area contributed by atoms with Crippen LogP contribution in [-0.4, -0.2) is 65.9 Å². The van der Waals surface area contributed by atoms with E-state index in [0.717, 1.165) is 42.7 Å². The van der Waals surface area contributed by atoms with Gasteiger partial charge in [0.25, 0.3) is 0 Å². The normalized spacial score (nSPS) is 14.4. The van der Waals surface area contributed by atoms with Crippen LogP contribution in [0.2, 0.25) is 0 Å². The molecule has 56 heavy (non-hydrogen) atoms. The van der Waals surface area contributed by atoms with Gasteiger partial charge in [0.1, 0.15) is 11.6 Å². The van der Waals surface area contributed by atoms with Crippen LogP contribution >= 0.6 is 0 Å². The van der Waals surface area contributed by atoms with Gasteiger partial charge >= 0.3 is 5.97 Å². The third kappa shape index (κ3) is 6.82. The standard InChI is InChI=1S/C48H48N2O6/c1-53-25-21-47(22-26-54-2)42-11-7-5-9-38(42)40-19-17-36(30-44(40)47)50(35-15-13-33(14-16-35)29-34(32-49)46(51)52)37-18-20-41-39-10-6-8-12-43(39)48(23-27-55-3,24-28-56-4)45(41)31-37/h5-20,29-31H,21-28H2,1-4H3,(H,51,52)/b34-29+. The highest BCUT2D eigenvalue weighted by Gasteiger charge is 2.44. The van der Waals surface area contributed by atoms with Crippen LogP contribution in [0.1, 0.15) is 53.5 Å². The van der Waals surface area contributed by atoms with Crippen molar-refractivity contribution in [3.8, 4) is 28.3 Å². The highest BCUT2D eigenvalue weighted by Crippen LogP contribution is 2.56. The Kier molecular flexibility index (Phi) is 11.5. The van der Waals surface area contributed by atoms with Crippen molar-refractivity contribution < 1.29 is 28.8 Å². The predicted molar refractivity (Wildman–Crippen MR) is 221 cm³/mol. The molecule has 0 aliphatic heterocycles. The number of carbonyl (C=O) groups is 1. The predicted octanol–water partition coefficient (Wildman–Crippen LogP) is 9.83. The number of nitriles is 1. The summed E-state index contributed by atoms with van der Waals surface area (Å²) in [4.78, 5) is 13.9. The molecule has 0 atom stereocenters. The third-order valence-corrected chi connectivity index (χ3v) is 11.8. The van der Waals surface area contributed by atoms with Crippen molar-refractivity contribution in [1.82, 2.24) is 0 Å². The van der Waals surface area contributed by atoms with Crippen LogP contribution in [0.4, 0.5) is 17.1 Å². The molecule has 8 heteroatoms. The van der Waals surface area contributed by atoms with E-state index in [-0.39, 0.29) is 16.4 Å². The molecule has 0 bridgehead atoms. The molecule has 0 saturated heterocycles. The summed E-state index contributed by atoms with van der Waals surface area (Å²) >= 11 is 0. The molecule has 0 saturated carbocycles. The zero-order valence-electron chi connectivity index (χ0n) is 32.5. The fourth-order valence-electron chi connectivity index (χ4n) is 9.07. The summed E-state index contributed by atoms with van der Waals surface area (Å²) in [6.07, 6.45) is 4.58. The molecule has 286 valence electrons. The van der Waals surface area contributed by atoms with Crippen LogP contribution in [0.25, 0.3) is 28.3 Å². The van der Waals surface area contributed by atoms with Crippen molar-refractivity contribution in [3.63, 3.8) is 0 Å². The number of carboxylic acid groups (broad SMARTS) is 1. The van der Waals surface area contributed by atoms with E-state index >= 15 is 0 Å². The van der Waals surface area contributed by atoms with Crippen LogP contribution in [0, 0.1) is 11.3 Å². The summed E-state index contributed by atoms with van der Waals surface area (Å²) in [5, 5.41) is 19.0. The van der Waals surface area contributed by atoms with E-state index < -0.39 is 5.97 Å². The SMILES string of the molecule is COCCC1(CCOC)c2ccccc2-c2ccc(N(c3ccc(/C=C(\C#N)C(=O)O)cc3)c3ccc4c(c3)C(CCOC)(CCOC)c3ccccc3-4)cc21.